The van der Waals surface area contributed by atoms with Crippen LogP contribution in [-0.2, 0) is 20.8 Å². The number of benzene rings is 3. The average Bonchev–Trinajstić information content (AvgIpc) is 2.86. The van der Waals surface area contributed by atoms with Gasteiger partial charge in [0.05, 0.1) is 6.04 Å². The molecule has 3 rings (SSSR count). The van der Waals surface area contributed by atoms with Crippen molar-refractivity contribution >= 4 is 45.7 Å². The highest BCUT2D eigenvalue weighted by atomic mass is 79.9. The van der Waals surface area contributed by atoms with E-state index in [-0.39, 0.29) is 30.2 Å². The van der Waals surface area contributed by atoms with Crippen molar-refractivity contribution in [3.8, 4) is 0 Å². The third-order valence-corrected chi connectivity index (χ3v) is 5.92. The van der Waals surface area contributed by atoms with E-state index in [0.717, 1.165) is 15.6 Å². The second-order valence-corrected chi connectivity index (χ2v) is 8.86. The predicted molar refractivity (Wildman–Crippen MR) is 144 cm³/mol. The number of amides is 2. The van der Waals surface area contributed by atoms with Crippen molar-refractivity contribution < 1.29 is 19.5 Å². The highest BCUT2D eigenvalue weighted by molar-refractivity contribution is 9.10. The number of carbonyl (C=O) groups excluding carboxylic acids is 2. The first-order valence-corrected chi connectivity index (χ1v) is 12.0. The average molecular weight is 553 g/mol. The molecule has 8 nitrogen and oxygen atoms in total. The topological polar surface area (TPSA) is 145 Å². The Labute approximate surface area is 218 Å². The first-order valence-electron chi connectivity index (χ1n) is 11.2. The van der Waals surface area contributed by atoms with Gasteiger partial charge in [-0.2, -0.15) is 0 Å². The van der Waals surface area contributed by atoms with E-state index in [2.05, 4.69) is 26.6 Å². The lowest BCUT2D eigenvalue weighted by atomic mass is 9.96. The molecule has 0 aliphatic heterocycles. The normalized spacial score (nSPS) is 11.7. The molecule has 36 heavy (non-hydrogen) atoms. The smallest absolute Gasteiger partial charge is 0.290 e. The van der Waals surface area contributed by atoms with Gasteiger partial charge in [0.15, 0.2) is 0 Å². The molecule has 0 fully saturated rings. The number of aryl methyl sites for hydroxylation is 1. The summed E-state index contributed by atoms with van der Waals surface area (Å²) in [7, 11) is 0. The van der Waals surface area contributed by atoms with E-state index in [1.165, 1.54) is 0 Å². The minimum Gasteiger partial charge on any atom is -0.483 e. The number of rotatable bonds is 9. The maximum atomic E-state index is 13.2. The van der Waals surface area contributed by atoms with E-state index >= 15 is 0 Å². The van der Waals surface area contributed by atoms with E-state index in [4.69, 9.17) is 21.0 Å². The van der Waals surface area contributed by atoms with Gasteiger partial charge in [0, 0.05) is 15.7 Å². The van der Waals surface area contributed by atoms with Gasteiger partial charge in [0.25, 0.3) is 6.47 Å². The second kappa shape index (κ2) is 14.4. The number of carbonyl (C=O) groups is 3. The Balaban J connectivity index is 0.00000145. The number of anilines is 1. The van der Waals surface area contributed by atoms with Gasteiger partial charge in [-0.3, -0.25) is 19.8 Å². The van der Waals surface area contributed by atoms with Gasteiger partial charge in [-0.25, -0.2) is 0 Å². The van der Waals surface area contributed by atoms with Crippen molar-refractivity contribution in [1.82, 2.24) is 5.32 Å². The van der Waals surface area contributed by atoms with E-state index in [1.807, 2.05) is 61.5 Å². The largest absolute Gasteiger partial charge is 0.483 e. The maximum Gasteiger partial charge on any atom is 0.290 e. The van der Waals surface area contributed by atoms with E-state index in [1.54, 1.807) is 24.3 Å². The first-order chi connectivity index (χ1) is 17.2. The fraction of sp³-hybridized carbons (Fsp3) is 0.185. The lowest BCUT2D eigenvalue weighted by Gasteiger charge is -2.21. The summed E-state index contributed by atoms with van der Waals surface area (Å²) in [5.41, 5.74) is 8.62. The van der Waals surface area contributed by atoms with Crippen LogP contribution in [-0.4, -0.2) is 29.2 Å². The molecule has 0 bridgehead atoms. The number of nitrogens with two attached hydrogens (primary N) is 1. The summed E-state index contributed by atoms with van der Waals surface area (Å²) in [4.78, 5) is 34.6. The van der Waals surface area contributed by atoms with Crippen molar-refractivity contribution in [2.45, 2.75) is 25.8 Å². The number of nitrogens with one attached hydrogen (secondary N) is 3. The molecule has 9 heteroatoms. The van der Waals surface area contributed by atoms with Crippen LogP contribution >= 0.6 is 15.9 Å². The van der Waals surface area contributed by atoms with Crippen LogP contribution in [0.3, 0.4) is 0 Å². The van der Waals surface area contributed by atoms with Crippen LogP contribution in [0.1, 0.15) is 36.1 Å². The van der Waals surface area contributed by atoms with Crippen LogP contribution in [0.15, 0.2) is 83.3 Å². The Morgan fingerprint density at radius 2 is 1.58 bits per heavy atom. The highest BCUT2D eigenvalue weighted by Gasteiger charge is 2.28. The van der Waals surface area contributed by atoms with Crippen molar-refractivity contribution in [2.75, 3.05) is 5.32 Å². The Morgan fingerprint density at radius 3 is 2.14 bits per heavy atom. The van der Waals surface area contributed by atoms with Crippen LogP contribution in [0.25, 0.3) is 0 Å². The van der Waals surface area contributed by atoms with Crippen LogP contribution in [0.2, 0.25) is 0 Å². The summed E-state index contributed by atoms with van der Waals surface area (Å²) < 4.78 is 0.959. The molecule has 3 aromatic rings. The lowest BCUT2D eigenvalue weighted by Crippen LogP contribution is -2.39. The molecule has 0 aromatic heterocycles. The summed E-state index contributed by atoms with van der Waals surface area (Å²) in [5.74, 6) is -1.60. The van der Waals surface area contributed by atoms with E-state index < -0.39 is 5.92 Å². The lowest BCUT2D eigenvalue weighted by molar-refractivity contribution is -0.133. The molecule has 3 aromatic carbocycles. The molecule has 0 spiro atoms. The zero-order valence-corrected chi connectivity index (χ0v) is 21.4. The zero-order chi connectivity index (χ0) is 26.5. The molecule has 2 atom stereocenters. The van der Waals surface area contributed by atoms with Crippen molar-refractivity contribution in [1.29, 1.82) is 5.41 Å². The second-order valence-electron chi connectivity index (χ2n) is 7.94. The van der Waals surface area contributed by atoms with Gasteiger partial charge in [-0.15, -0.1) is 0 Å². The molecule has 6 N–H and O–H groups in total. The van der Waals surface area contributed by atoms with Crippen LogP contribution in [0, 0.1) is 11.3 Å². The van der Waals surface area contributed by atoms with Crippen LogP contribution in [0.4, 0.5) is 5.69 Å². The summed E-state index contributed by atoms with van der Waals surface area (Å²) in [5, 5.41) is 20.2. The molecule has 1 unspecified atom stereocenters. The summed E-state index contributed by atoms with van der Waals surface area (Å²) >= 11 is 3.42. The molecule has 188 valence electrons. The van der Waals surface area contributed by atoms with Crippen LogP contribution < -0.4 is 16.4 Å². The minimum atomic E-state index is -0.865. The van der Waals surface area contributed by atoms with Gasteiger partial charge in [0.1, 0.15) is 11.8 Å². The SMILES string of the molecule is C[C@@H](NC(=O)C(CCc1ccccc1)C(=O)Nc1ccc(C(=N)N)cc1)c1ccc(Br)cc1.O=CO. The first kappa shape index (κ1) is 28.3. The molecule has 2 amide bonds. The van der Waals surface area contributed by atoms with Crippen molar-refractivity contribution in [3.63, 3.8) is 0 Å². The van der Waals surface area contributed by atoms with Gasteiger partial charge in [-0.05, 0) is 67.3 Å². The van der Waals surface area contributed by atoms with Gasteiger partial charge >= 0.3 is 0 Å². The minimum absolute atomic E-state index is 0.0464. The predicted octanol–water partition coefficient (Wildman–Crippen LogP) is 4.50. The van der Waals surface area contributed by atoms with Crippen molar-refractivity contribution in [3.05, 3.63) is 100 Å². The monoisotopic (exact) mass is 552 g/mol. The summed E-state index contributed by atoms with van der Waals surface area (Å²) in [6.45, 7) is 1.65. The molecule has 0 saturated heterocycles. The Morgan fingerprint density at radius 1 is 1.00 bits per heavy atom. The standard InChI is InChI=1S/C26H27BrN4O2.CH2O2/c1-17(19-8-12-21(27)13-9-19)30-25(32)23(16-7-18-5-3-2-4-6-18)26(33)31-22-14-10-20(11-15-22)24(28)29;2-1-3/h2-6,8-15,17,23H,7,16H2,1H3,(H3,28,29)(H,30,32)(H,31,33);1H,(H,2,3)/t17-,23?;/m1./s1. The molecule has 0 saturated carbocycles. The quantitative estimate of drug-likeness (QED) is 0.115. The third-order valence-electron chi connectivity index (χ3n) is 5.39. The van der Waals surface area contributed by atoms with Gasteiger partial charge in [0.2, 0.25) is 11.8 Å². The summed E-state index contributed by atoms with van der Waals surface area (Å²) in [6, 6.07) is 23.9. The Hall–Kier alpha value is -3.98. The highest BCUT2D eigenvalue weighted by Crippen LogP contribution is 2.19. The fourth-order valence-electron chi connectivity index (χ4n) is 3.45. The number of nitrogen functional groups attached to an aromatic ring is 1. The number of carboxylic acid groups (broad SMARTS) is 1. The maximum absolute atomic E-state index is 13.2. The molecule has 0 aliphatic carbocycles. The molecule has 0 radical (unpaired) electrons. The Kier molecular flexibility index (Phi) is 11.3. The van der Waals surface area contributed by atoms with E-state index in [9.17, 15) is 9.59 Å². The Bertz CT molecular complexity index is 1150. The number of amidine groups is 1. The van der Waals surface area contributed by atoms with Gasteiger partial charge in [-0.1, -0.05) is 58.4 Å². The summed E-state index contributed by atoms with van der Waals surface area (Å²) in [6.07, 6.45) is 0.975. The van der Waals surface area contributed by atoms with Crippen molar-refractivity contribution in [2.24, 2.45) is 11.7 Å². The number of hydrogen-bond donors (Lipinski definition) is 5. The van der Waals surface area contributed by atoms with Gasteiger partial charge < -0.3 is 21.5 Å². The number of halogens is 1. The van der Waals surface area contributed by atoms with E-state index in [0.29, 0.717) is 24.1 Å². The molecular formula is C27H29BrN4O4. The zero-order valence-electron chi connectivity index (χ0n) is 19.8. The fourth-order valence-corrected chi connectivity index (χ4v) is 3.71. The molecule has 0 heterocycles. The number of hydrogen-bond acceptors (Lipinski definition) is 4. The molecular weight excluding hydrogens is 524 g/mol. The molecule has 0 aliphatic rings. The van der Waals surface area contributed by atoms with Crippen LogP contribution in [0.5, 0.6) is 0 Å². The third kappa shape index (κ3) is 8.99.